The molecule has 4 rings (SSSR count). The second kappa shape index (κ2) is 8.39. The monoisotopic (exact) mass is 373 g/mol. The zero-order valence-corrected chi connectivity index (χ0v) is 15.9. The molecular formula is C23H23N3O2. The Labute approximate surface area is 165 Å². The van der Waals surface area contributed by atoms with Crippen LogP contribution in [0.5, 0.6) is 0 Å². The van der Waals surface area contributed by atoms with Gasteiger partial charge in [0.2, 0.25) is 0 Å². The fourth-order valence-corrected chi connectivity index (χ4v) is 3.74. The van der Waals surface area contributed by atoms with E-state index in [-0.39, 0.29) is 12.2 Å². The number of ether oxygens (including phenoxy) is 2. The number of aromatic nitrogens is 1. The highest BCUT2D eigenvalue weighted by Crippen LogP contribution is 2.30. The SMILES string of the molecule is C[C@@H]1CN(c2ccc(C#N)c3ncccc23)C[C@H](COCc2ccccc2)O1. The van der Waals surface area contributed by atoms with Crippen molar-refractivity contribution in [1.29, 1.82) is 5.26 Å². The predicted octanol–water partition coefficient (Wildman–Crippen LogP) is 3.92. The van der Waals surface area contributed by atoms with Crippen LogP contribution in [0, 0.1) is 11.3 Å². The van der Waals surface area contributed by atoms with Gasteiger partial charge in [-0.15, -0.1) is 0 Å². The number of nitrogens with zero attached hydrogens (tertiary/aromatic N) is 3. The third-order valence-electron chi connectivity index (χ3n) is 4.95. The second-order valence-corrected chi connectivity index (χ2v) is 7.12. The smallest absolute Gasteiger partial charge is 0.101 e. The van der Waals surface area contributed by atoms with Gasteiger partial charge in [0.15, 0.2) is 0 Å². The Kier molecular flexibility index (Phi) is 5.52. The molecule has 0 amide bonds. The van der Waals surface area contributed by atoms with E-state index in [0.717, 1.165) is 35.2 Å². The Hall–Kier alpha value is -2.94. The molecule has 0 unspecified atom stereocenters. The van der Waals surface area contributed by atoms with E-state index in [1.165, 1.54) is 0 Å². The van der Waals surface area contributed by atoms with Gasteiger partial charge in [0.1, 0.15) is 6.07 Å². The number of nitriles is 1. The number of fused-ring (bicyclic) bond motifs is 1. The molecule has 2 heterocycles. The maximum absolute atomic E-state index is 9.37. The van der Waals surface area contributed by atoms with Crippen LogP contribution in [0.1, 0.15) is 18.1 Å². The van der Waals surface area contributed by atoms with Crippen LogP contribution in [0.2, 0.25) is 0 Å². The highest BCUT2D eigenvalue weighted by Gasteiger charge is 2.27. The molecular weight excluding hydrogens is 350 g/mol. The van der Waals surface area contributed by atoms with Crippen LogP contribution >= 0.6 is 0 Å². The summed E-state index contributed by atoms with van der Waals surface area (Å²) in [6.07, 6.45) is 1.83. The summed E-state index contributed by atoms with van der Waals surface area (Å²) in [6.45, 7) is 4.75. The number of hydrogen-bond donors (Lipinski definition) is 0. The van der Waals surface area contributed by atoms with E-state index in [9.17, 15) is 5.26 Å². The van der Waals surface area contributed by atoms with Gasteiger partial charge in [-0.1, -0.05) is 30.3 Å². The Morgan fingerprint density at radius 2 is 2.00 bits per heavy atom. The Balaban J connectivity index is 1.49. The van der Waals surface area contributed by atoms with Gasteiger partial charge in [-0.05, 0) is 36.8 Å². The lowest BCUT2D eigenvalue weighted by Crippen LogP contribution is -2.48. The molecule has 2 aromatic carbocycles. The van der Waals surface area contributed by atoms with Gasteiger partial charge in [0, 0.05) is 30.4 Å². The molecule has 0 saturated carbocycles. The van der Waals surface area contributed by atoms with Crippen molar-refractivity contribution in [3.63, 3.8) is 0 Å². The fraction of sp³-hybridized carbons (Fsp3) is 0.304. The van der Waals surface area contributed by atoms with Gasteiger partial charge in [0.05, 0.1) is 36.5 Å². The molecule has 1 aliphatic rings. The molecule has 1 aromatic heterocycles. The predicted molar refractivity (Wildman–Crippen MR) is 109 cm³/mol. The van der Waals surface area contributed by atoms with Crippen molar-refractivity contribution < 1.29 is 9.47 Å². The highest BCUT2D eigenvalue weighted by atomic mass is 16.5. The lowest BCUT2D eigenvalue weighted by atomic mass is 10.1. The first kappa shape index (κ1) is 18.4. The molecule has 1 saturated heterocycles. The molecule has 5 heteroatoms. The number of benzene rings is 2. The van der Waals surface area contributed by atoms with E-state index in [2.05, 4.69) is 35.0 Å². The summed E-state index contributed by atoms with van der Waals surface area (Å²) in [5.41, 5.74) is 3.60. The lowest BCUT2D eigenvalue weighted by Gasteiger charge is -2.38. The maximum Gasteiger partial charge on any atom is 0.101 e. The molecule has 0 N–H and O–H groups in total. The minimum atomic E-state index is -0.00479. The largest absolute Gasteiger partial charge is 0.374 e. The number of pyridine rings is 1. The van der Waals surface area contributed by atoms with Gasteiger partial charge >= 0.3 is 0 Å². The van der Waals surface area contributed by atoms with E-state index in [1.807, 2.05) is 42.5 Å². The number of rotatable bonds is 5. The highest BCUT2D eigenvalue weighted by molar-refractivity contribution is 5.95. The van der Waals surface area contributed by atoms with E-state index in [4.69, 9.17) is 9.47 Å². The Morgan fingerprint density at radius 1 is 1.14 bits per heavy atom. The summed E-state index contributed by atoms with van der Waals surface area (Å²) < 4.78 is 12.0. The quantitative estimate of drug-likeness (QED) is 0.678. The van der Waals surface area contributed by atoms with Gasteiger partial charge in [-0.25, -0.2) is 0 Å². The zero-order valence-electron chi connectivity index (χ0n) is 15.9. The van der Waals surface area contributed by atoms with Gasteiger partial charge in [-0.2, -0.15) is 5.26 Å². The summed E-state index contributed by atoms with van der Waals surface area (Å²) in [4.78, 5) is 6.74. The summed E-state index contributed by atoms with van der Waals surface area (Å²) in [5.74, 6) is 0. The molecule has 142 valence electrons. The molecule has 5 nitrogen and oxygen atoms in total. The van der Waals surface area contributed by atoms with Crippen molar-refractivity contribution in [2.45, 2.75) is 25.7 Å². The Bertz CT molecular complexity index is 984. The minimum Gasteiger partial charge on any atom is -0.374 e. The van der Waals surface area contributed by atoms with E-state index >= 15 is 0 Å². The minimum absolute atomic E-state index is 0.00479. The van der Waals surface area contributed by atoms with Crippen molar-refractivity contribution in [2.24, 2.45) is 0 Å². The van der Waals surface area contributed by atoms with Gasteiger partial charge < -0.3 is 14.4 Å². The van der Waals surface area contributed by atoms with Crippen molar-refractivity contribution in [3.8, 4) is 6.07 Å². The van der Waals surface area contributed by atoms with Crippen LogP contribution in [0.25, 0.3) is 10.9 Å². The average molecular weight is 373 g/mol. The van der Waals surface area contributed by atoms with Gasteiger partial charge in [-0.3, -0.25) is 4.98 Å². The third kappa shape index (κ3) is 3.99. The molecule has 0 radical (unpaired) electrons. The standard InChI is InChI=1S/C23H23N3O2/c1-17-13-26(14-20(28-17)16-27-15-18-6-3-2-4-7-18)22-10-9-19(12-24)23-21(22)8-5-11-25-23/h2-11,17,20H,13-16H2,1H3/t17-,20-/m1/s1. The van der Waals surface area contributed by atoms with Crippen LogP contribution < -0.4 is 4.90 Å². The van der Waals surface area contributed by atoms with Crippen LogP contribution in [-0.4, -0.2) is 36.9 Å². The molecule has 1 fully saturated rings. The van der Waals surface area contributed by atoms with Gasteiger partial charge in [0.25, 0.3) is 0 Å². The van der Waals surface area contributed by atoms with E-state index in [1.54, 1.807) is 6.20 Å². The molecule has 0 bridgehead atoms. The maximum atomic E-state index is 9.37. The molecule has 0 spiro atoms. The van der Waals surface area contributed by atoms with Crippen LogP contribution in [0.15, 0.2) is 60.8 Å². The van der Waals surface area contributed by atoms with Crippen molar-refractivity contribution in [2.75, 3.05) is 24.6 Å². The summed E-state index contributed by atoms with van der Waals surface area (Å²) >= 11 is 0. The van der Waals surface area contributed by atoms with Crippen molar-refractivity contribution >= 4 is 16.6 Å². The van der Waals surface area contributed by atoms with Crippen LogP contribution in [0.3, 0.4) is 0 Å². The first-order chi connectivity index (χ1) is 13.7. The van der Waals surface area contributed by atoms with Crippen LogP contribution in [0.4, 0.5) is 5.69 Å². The average Bonchev–Trinajstić information content (AvgIpc) is 2.73. The zero-order chi connectivity index (χ0) is 19.3. The van der Waals surface area contributed by atoms with Crippen LogP contribution in [-0.2, 0) is 16.1 Å². The van der Waals surface area contributed by atoms with E-state index < -0.39 is 0 Å². The third-order valence-corrected chi connectivity index (χ3v) is 4.95. The Morgan fingerprint density at radius 3 is 2.82 bits per heavy atom. The second-order valence-electron chi connectivity index (χ2n) is 7.12. The fourth-order valence-electron chi connectivity index (χ4n) is 3.74. The number of morpholine rings is 1. The lowest BCUT2D eigenvalue weighted by molar-refractivity contribution is -0.0633. The molecule has 28 heavy (non-hydrogen) atoms. The summed E-state index contributed by atoms with van der Waals surface area (Å²) in [6, 6.07) is 20.2. The molecule has 0 aliphatic carbocycles. The number of anilines is 1. The van der Waals surface area contributed by atoms with E-state index in [0.29, 0.717) is 18.8 Å². The van der Waals surface area contributed by atoms with Crippen molar-refractivity contribution in [1.82, 2.24) is 4.98 Å². The summed E-state index contributed by atoms with van der Waals surface area (Å²) in [7, 11) is 0. The topological polar surface area (TPSA) is 58.4 Å². The van der Waals surface area contributed by atoms with Crippen molar-refractivity contribution in [3.05, 3.63) is 71.9 Å². The first-order valence-corrected chi connectivity index (χ1v) is 9.54. The molecule has 1 aliphatic heterocycles. The molecule has 2 atom stereocenters. The normalized spacial score (nSPS) is 19.5. The molecule has 3 aromatic rings. The number of hydrogen-bond acceptors (Lipinski definition) is 5. The summed E-state index contributed by atoms with van der Waals surface area (Å²) in [5, 5.41) is 10.4. The first-order valence-electron chi connectivity index (χ1n) is 9.54.